The zero-order chi connectivity index (χ0) is 21.4. The monoisotopic (exact) mass is 398 g/mol. The largest absolute Gasteiger partial charge is 0.508 e. The molecule has 0 amide bonds. The molecule has 1 aromatic heterocycles. The molecule has 1 heterocycles. The number of anilines is 1. The molecule has 0 saturated heterocycles. The molecule has 0 bridgehead atoms. The third-order valence-corrected chi connectivity index (χ3v) is 5.17. The van der Waals surface area contributed by atoms with Gasteiger partial charge >= 0.3 is 0 Å². The first-order chi connectivity index (χ1) is 14.3. The van der Waals surface area contributed by atoms with Gasteiger partial charge in [-0.2, -0.15) is 0 Å². The quantitative estimate of drug-likeness (QED) is 0.119. The second-order valence-corrected chi connectivity index (χ2v) is 7.21. The van der Waals surface area contributed by atoms with E-state index < -0.39 is 0 Å². The first-order valence-electron chi connectivity index (χ1n) is 9.34. The minimum Gasteiger partial charge on any atom is -0.508 e. The summed E-state index contributed by atoms with van der Waals surface area (Å²) in [6, 6.07) is 18.0. The lowest BCUT2D eigenvalue weighted by molar-refractivity contribution is 0.469. The molecule has 4 rings (SSSR count). The van der Waals surface area contributed by atoms with Crippen molar-refractivity contribution in [1.82, 2.24) is 4.98 Å². The Balaban J connectivity index is 1.90. The first kappa shape index (κ1) is 19.1. The highest BCUT2D eigenvalue weighted by molar-refractivity contribution is 6.01. The molecule has 0 radical (unpaired) electrons. The predicted molar refractivity (Wildman–Crippen MR) is 121 cm³/mol. The smallest absolute Gasteiger partial charge is 0.122 e. The van der Waals surface area contributed by atoms with E-state index in [4.69, 9.17) is 28.0 Å². The zero-order valence-electron chi connectivity index (χ0n) is 16.2. The number of rotatable bonds is 5. The van der Waals surface area contributed by atoms with Crippen LogP contribution in [0, 0.1) is 10.8 Å². The van der Waals surface area contributed by atoms with Crippen molar-refractivity contribution in [2.45, 2.75) is 6.42 Å². The van der Waals surface area contributed by atoms with Crippen LogP contribution in [0.15, 0.2) is 60.7 Å². The standard InChI is InChI=1S/C23H22N6O/c24-16-6-8-20(30)15(9-16)10-18-17-7-5-14(23(27)28)11-19(17)29-21(18)12-1-3-13(4-2-12)22(25)26/h1-9,11,29-30H,10,24H2,(H3,25,26)(H3,27,28). The van der Waals surface area contributed by atoms with Crippen molar-refractivity contribution in [2.24, 2.45) is 11.5 Å². The van der Waals surface area contributed by atoms with E-state index >= 15 is 0 Å². The molecule has 0 unspecified atom stereocenters. The van der Waals surface area contributed by atoms with Crippen LogP contribution in [0.1, 0.15) is 22.3 Å². The van der Waals surface area contributed by atoms with Crippen LogP contribution in [-0.2, 0) is 6.42 Å². The summed E-state index contributed by atoms with van der Waals surface area (Å²) in [7, 11) is 0. The number of benzene rings is 3. The third kappa shape index (κ3) is 3.44. The summed E-state index contributed by atoms with van der Waals surface area (Å²) in [5, 5.41) is 26.6. The lowest BCUT2D eigenvalue weighted by Gasteiger charge is -2.09. The number of hydrogen-bond acceptors (Lipinski definition) is 4. The van der Waals surface area contributed by atoms with Gasteiger partial charge in [-0.1, -0.05) is 36.4 Å². The molecule has 10 N–H and O–H groups in total. The summed E-state index contributed by atoms with van der Waals surface area (Å²) < 4.78 is 0. The van der Waals surface area contributed by atoms with Gasteiger partial charge in [0.1, 0.15) is 17.4 Å². The summed E-state index contributed by atoms with van der Waals surface area (Å²) >= 11 is 0. The van der Waals surface area contributed by atoms with E-state index in [9.17, 15) is 5.11 Å². The van der Waals surface area contributed by atoms with Gasteiger partial charge in [-0.15, -0.1) is 0 Å². The number of aromatic hydroxyl groups is 1. The zero-order valence-corrected chi connectivity index (χ0v) is 16.2. The van der Waals surface area contributed by atoms with Crippen LogP contribution in [0.5, 0.6) is 5.75 Å². The van der Waals surface area contributed by atoms with Gasteiger partial charge in [0.2, 0.25) is 0 Å². The fourth-order valence-electron chi connectivity index (χ4n) is 3.61. The number of aromatic nitrogens is 1. The lowest BCUT2D eigenvalue weighted by Crippen LogP contribution is -2.10. The number of aromatic amines is 1. The van der Waals surface area contributed by atoms with Crippen LogP contribution in [0.2, 0.25) is 0 Å². The van der Waals surface area contributed by atoms with E-state index in [-0.39, 0.29) is 17.4 Å². The highest BCUT2D eigenvalue weighted by Crippen LogP contribution is 2.35. The van der Waals surface area contributed by atoms with Crippen LogP contribution in [-0.4, -0.2) is 21.8 Å². The van der Waals surface area contributed by atoms with Gasteiger partial charge < -0.3 is 27.3 Å². The van der Waals surface area contributed by atoms with Gasteiger partial charge in [-0.3, -0.25) is 10.8 Å². The second kappa shape index (κ2) is 7.29. The molecule has 4 aromatic rings. The van der Waals surface area contributed by atoms with Crippen molar-refractivity contribution < 1.29 is 5.11 Å². The third-order valence-electron chi connectivity index (χ3n) is 5.17. The van der Waals surface area contributed by atoms with E-state index in [2.05, 4.69) is 4.98 Å². The Kier molecular flexibility index (Phi) is 4.63. The van der Waals surface area contributed by atoms with Gasteiger partial charge in [0.15, 0.2) is 0 Å². The van der Waals surface area contributed by atoms with Gasteiger partial charge in [0.25, 0.3) is 0 Å². The van der Waals surface area contributed by atoms with E-state index in [1.807, 2.05) is 30.3 Å². The maximum absolute atomic E-state index is 10.3. The van der Waals surface area contributed by atoms with Crippen LogP contribution in [0.4, 0.5) is 5.69 Å². The van der Waals surface area contributed by atoms with E-state index in [0.29, 0.717) is 28.8 Å². The van der Waals surface area contributed by atoms with Crippen LogP contribution < -0.4 is 17.2 Å². The molecule has 0 spiro atoms. The molecule has 30 heavy (non-hydrogen) atoms. The summed E-state index contributed by atoms with van der Waals surface area (Å²) in [4.78, 5) is 3.43. The normalized spacial score (nSPS) is 10.9. The topological polar surface area (TPSA) is 162 Å². The van der Waals surface area contributed by atoms with E-state index in [1.54, 1.807) is 30.3 Å². The van der Waals surface area contributed by atoms with Gasteiger partial charge in [0.05, 0.1) is 5.69 Å². The summed E-state index contributed by atoms with van der Waals surface area (Å²) in [5.41, 5.74) is 23.3. The number of amidine groups is 2. The Hall–Kier alpha value is -4.26. The van der Waals surface area contributed by atoms with Crippen molar-refractivity contribution >= 4 is 28.3 Å². The number of phenolic OH excluding ortho intramolecular Hbond substituents is 1. The SMILES string of the molecule is N=C(N)c1ccc(-c2[nH]c3cc(C(=N)N)ccc3c2Cc2cc(N)ccc2O)cc1. The fourth-order valence-corrected chi connectivity index (χ4v) is 3.61. The van der Waals surface area contributed by atoms with Crippen LogP contribution in [0.25, 0.3) is 22.2 Å². The number of nitrogens with one attached hydrogen (secondary N) is 3. The van der Waals surface area contributed by atoms with Gasteiger partial charge in [-0.05, 0) is 35.4 Å². The molecule has 0 aliphatic carbocycles. The average Bonchev–Trinajstić information content (AvgIpc) is 3.08. The van der Waals surface area contributed by atoms with E-state index in [0.717, 1.165) is 27.7 Å². The minimum absolute atomic E-state index is 0.00566. The number of phenols is 1. The fraction of sp³-hybridized carbons (Fsp3) is 0.0435. The molecule has 3 aromatic carbocycles. The van der Waals surface area contributed by atoms with Gasteiger partial charge in [-0.25, -0.2) is 0 Å². The van der Waals surface area contributed by atoms with Crippen molar-refractivity contribution in [3.8, 4) is 17.0 Å². The molecule has 0 aliphatic heterocycles. The second-order valence-electron chi connectivity index (χ2n) is 7.21. The number of H-pyrrole nitrogens is 1. The summed E-state index contributed by atoms with van der Waals surface area (Å²) in [6.45, 7) is 0. The number of nitrogen functional groups attached to an aromatic ring is 3. The highest BCUT2D eigenvalue weighted by atomic mass is 16.3. The van der Waals surface area contributed by atoms with Crippen molar-refractivity contribution in [2.75, 3.05) is 5.73 Å². The molecule has 7 nitrogen and oxygen atoms in total. The summed E-state index contributed by atoms with van der Waals surface area (Å²) in [6.07, 6.45) is 0.458. The minimum atomic E-state index is -0.00566. The van der Waals surface area contributed by atoms with Crippen LogP contribution >= 0.6 is 0 Å². The Bertz CT molecular complexity index is 1290. The maximum Gasteiger partial charge on any atom is 0.122 e. The Morgan fingerprint density at radius 2 is 1.53 bits per heavy atom. The Morgan fingerprint density at radius 1 is 0.867 bits per heavy atom. The van der Waals surface area contributed by atoms with Crippen molar-refractivity contribution in [3.63, 3.8) is 0 Å². The average molecular weight is 398 g/mol. The number of nitrogens with two attached hydrogens (primary N) is 3. The number of fused-ring (bicyclic) bond motifs is 1. The molecular formula is C23H22N6O. The predicted octanol–water partition coefficient (Wildman–Crippen LogP) is 3.28. The van der Waals surface area contributed by atoms with Crippen LogP contribution in [0.3, 0.4) is 0 Å². The van der Waals surface area contributed by atoms with E-state index in [1.165, 1.54) is 0 Å². The van der Waals surface area contributed by atoms with Crippen molar-refractivity contribution in [1.29, 1.82) is 10.8 Å². The molecule has 0 atom stereocenters. The Labute approximate surface area is 173 Å². The number of hydrogen-bond donors (Lipinski definition) is 7. The van der Waals surface area contributed by atoms with Crippen molar-refractivity contribution in [3.05, 3.63) is 82.9 Å². The maximum atomic E-state index is 10.3. The molecule has 0 fully saturated rings. The first-order valence-corrected chi connectivity index (χ1v) is 9.34. The molecule has 0 aliphatic rings. The molecule has 7 heteroatoms. The molecule has 150 valence electrons. The van der Waals surface area contributed by atoms with Gasteiger partial charge in [0, 0.05) is 39.7 Å². The summed E-state index contributed by atoms with van der Waals surface area (Å²) in [5.74, 6) is 0.180. The Morgan fingerprint density at radius 3 is 2.20 bits per heavy atom. The molecule has 0 saturated carbocycles. The molecular weight excluding hydrogens is 376 g/mol. The highest BCUT2D eigenvalue weighted by Gasteiger charge is 2.16. The lowest BCUT2D eigenvalue weighted by atomic mass is 9.96.